The number of aliphatic hydroxyl groups is 1. The Labute approximate surface area is 185 Å². The van der Waals surface area contributed by atoms with E-state index < -0.39 is 0 Å². The van der Waals surface area contributed by atoms with E-state index in [-0.39, 0.29) is 5.76 Å². The second kappa shape index (κ2) is 8.28. The number of hydrogen-bond donors (Lipinski definition) is 1. The van der Waals surface area contributed by atoms with Crippen molar-refractivity contribution in [3.05, 3.63) is 52.9 Å². The Hall–Kier alpha value is -2.97. The predicted octanol–water partition coefficient (Wildman–Crippen LogP) is 4.48. The van der Waals surface area contributed by atoms with Gasteiger partial charge in [-0.2, -0.15) is 4.98 Å². The summed E-state index contributed by atoms with van der Waals surface area (Å²) in [6, 6.07) is 6.37. The van der Waals surface area contributed by atoms with Crippen LogP contribution in [-0.2, 0) is 11.2 Å². The minimum absolute atomic E-state index is 0.263. The topological polar surface area (TPSA) is 74.6 Å². The molecule has 31 heavy (non-hydrogen) atoms. The van der Waals surface area contributed by atoms with Gasteiger partial charge in [-0.1, -0.05) is 6.08 Å². The maximum absolute atomic E-state index is 9.93. The first kappa shape index (κ1) is 20.0. The number of rotatable bonds is 4. The van der Waals surface area contributed by atoms with Gasteiger partial charge in [0.15, 0.2) is 0 Å². The highest BCUT2D eigenvalue weighted by atomic mass is 32.1. The highest BCUT2D eigenvalue weighted by Crippen LogP contribution is 2.39. The lowest BCUT2D eigenvalue weighted by Crippen LogP contribution is -2.37. The van der Waals surface area contributed by atoms with E-state index in [1.165, 1.54) is 4.70 Å². The van der Waals surface area contributed by atoms with Crippen LogP contribution in [0.4, 0.5) is 17.5 Å². The molecule has 2 aliphatic heterocycles. The largest absolute Gasteiger partial charge is 0.513 e. The summed E-state index contributed by atoms with van der Waals surface area (Å²) in [7, 11) is 0. The molecule has 0 aliphatic carbocycles. The van der Waals surface area contributed by atoms with Crippen LogP contribution in [0.15, 0.2) is 41.6 Å². The highest BCUT2D eigenvalue weighted by Gasteiger charge is 2.29. The highest BCUT2D eigenvalue weighted by molar-refractivity contribution is 7.16. The lowest BCUT2D eigenvalue weighted by molar-refractivity contribution is 0.122. The van der Waals surface area contributed by atoms with Crippen LogP contribution in [0.3, 0.4) is 0 Å². The standard InChI is InChI=1S/C23H25N5O2S/c1-3-16(12-15(2)29)21-18-6-7-28(17-4-5-19-20(13-17)31-14-24-19)22(18)26-23(25-21)27-8-10-30-11-9-27/h3-5,12-14,29H,6-11H2,1-2H3/b15-12+,16-3+. The number of anilines is 3. The molecule has 0 spiro atoms. The number of fused-ring (bicyclic) bond motifs is 2. The molecule has 1 fully saturated rings. The number of nitrogens with zero attached hydrogens (tertiary/aromatic N) is 5. The van der Waals surface area contributed by atoms with Crippen molar-refractivity contribution in [1.82, 2.24) is 15.0 Å². The number of morpholine rings is 1. The van der Waals surface area contributed by atoms with E-state index in [2.05, 4.69) is 33.0 Å². The summed E-state index contributed by atoms with van der Waals surface area (Å²) in [6.07, 6.45) is 4.62. The van der Waals surface area contributed by atoms with Crippen molar-refractivity contribution < 1.29 is 9.84 Å². The number of ether oxygens (including phenoxy) is 1. The molecule has 3 aromatic rings. The number of aromatic nitrogens is 3. The lowest BCUT2D eigenvalue weighted by atomic mass is 10.0. The first-order valence-electron chi connectivity index (χ1n) is 10.5. The molecular formula is C23H25N5O2S. The summed E-state index contributed by atoms with van der Waals surface area (Å²) in [5.74, 6) is 1.92. The zero-order valence-electron chi connectivity index (χ0n) is 17.7. The Morgan fingerprint density at radius 1 is 1.19 bits per heavy atom. The van der Waals surface area contributed by atoms with Gasteiger partial charge in [0, 0.05) is 30.9 Å². The van der Waals surface area contributed by atoms with Gasteiger partial charge < -0.3 is 19.6 Å². The molecule has 0 radical (unpaired) electrons. The van der Waals surface area contributed by atoms with Crippen LogP contribution in [0.5, 0.6) is 0 Å². The van der Waals surface area contributed by atoms with Crippen molar-refractivity contribution in [2.45, 2.75) is 20.3 Å². The van der Waals surface area contributed by atoms with Gasteiger partial charge in [0.25, 0.3) is 0 Å². The fraction of sp³-hybridized carbons (Fsp3) is 0.348. The molecule has 0 bridgehead atoms. The smallest absolute Gasteiger partial charge is 0.228 e. The molecule has 160 valence electrons. The fourth-order valence-corrected chi connectivity index (χ4v) is 4.87. The second-order valence-corrected chi connectivity index (χ2v) is 8.60. The summed E-state index contributed by atoms with van der Waals surface area (Å²) < 4.78 is 6.69. The van der Waals surface area contributed by atoms with Gasteiger partial charge in [-0.25, -0.2) is 9.97 Å². The monoisotopic (exact) mass is 435 g/mol. The number of allylic oxidation sites excluding steroid dienone is 4. The third kappa shape index (κ3) is 3.77. The van der Waals surface area contributed by atoms with E-state index in [1.54, 1.807) is 24.3 Å². The van der Waals surface area contributed by atoms with Crippen LogP contribution in [0, 0.1) is 0 Å². The molecule has 1 saturated heterocycles. The van der Waals surface area contributed by atoms with Crippen LogP contribution in [0.2, 0.25) is 0 Å². The number of aliphatic hydroxyl groups excluding tert-OH is 1. The zero-order chi connectivity index (χ0) is 21.4. The van der Waals surface area contributed by atoms with Crippen molar-refractivity contribution in [1.29, 1.82) is 0 Å². The van der Waals surface area contributed by atoms with Crippen LogP contribution in [0.1, 0.15) is 25.1 Å². The van der Waals surface area contributed by atoms with Crippen molar-refractivity contribution in [2.24, 2.45) is 0 Å². The lowest BCUT2D eigenvalue weighted by Gasteiger charge is -2.28. The number of benzene rings is 1. The molecule has 0 amide bonds. The van der Waals surface area contributed by atoms with E-state index in [0.717, 1.165) is 59.9 Å². The van der Waals surface area contributed by atoms with Crippen molar-refractivity contribution in [2.75, 3.05) is 42.6 Å². The molecule has 4 heterocycles. The summed E-state index contributed by atoms with van der Waals surface area (Å²) in [5, 5.41) is 9.93. The summed E-state index contributed by atoms with van der Waals surface area (Å²) >= 11 is 1.65. The van der Waals surface area contributed by atoms with Gasteiger partial charge in [-0.3, -0.25) is 0 Å². The van der Waals surface area contributed by atoms with Crippen molar-refractivity contribution in [3.63, 3.8) is 0 Å². The Kier molecular flexibility index (Phi) is 5.33. The Morgan fingerprint density at radius 3 is 2.81 bits per heavy atom. The molecule has 0 atom stereocenters. The third-order valence-electron chi connectivity index (χ3n) is 5.68. The molecule has 8 heteroatoms. The quantitative estimate of drug-likeness (QED) is 0.478. The van der Waals surface area contributed by atoms with E-state index in [9.17, 15) is 5.11 Å². The van der Waals surface area contributed by atoms with Gasteiger partial charge in [-0.15, -0.1) is 11.3 Å². The van der Waals surface area contributed by atoms with E-state index in [0.29, 0.717) is 19.2 Å². The van der Waals surface area contributed by atoms with Gasteiger partial charge in [0.05, 0.1) is 40.4 Å². The van der Waals surface area contributed by atoms with Gasteiger partial charge in [-0.05, 0) is 50.1 Å². The third-order valence-corrected chi connectivity index (χ3v) is 6.48. The predicted molar refractivity (Wildman–Crippen MR) is 125 cm³/mol. The maximum atomic E-state index is 9.93. The summed E-state index contributed by atoms with van der Waals surface area (Å²) in [4.78, 5) is 18.8. The molecule has 1 N–H and O–H groups in total. The first-order chi connectivity index (χ1) is 15.1. The van der Waals surface area contributed by atoms with Gasteiger partial charge in [0.1, 0.15) is 5.82 Å². The molecule has 5 rings (SSSR count). The molecule has 1 aromatic carbocycles. The second-order valence-electron chi connectivity index (χ2n) is 7.71. The fourth-order valence-electron chi connectivity index (χ4n) is 4.16. The average Bonchev–Trinajstić information content (AvgIpc) is 3.43. The van der Waals surface area contributed by atoms with Crippen molar-refractivity contribution in [3.8, 4) is 0 Å². The molecule has 0 unspecified atom stereocenters. The van der Waals surface area contributed by atoms with E-state index >= 15 is 0 Å². The van der Waals surface area contributed by atoms with Crippen molar-refractivity contribution >= 4 is 44.6 Å². The average molecular weight is 436 g/mol. The normalized spacial score (nSPS) is 17.5. The zero-order valence-corrected chi connectivity index (χ0v) is 18.5. The minimum atomic E-state index is 0.263. The van der Waals surface area contributed by atoms with E-state index in [1.807, 2.05) is 18.5 Å². The minimum Gasteiger partial charge on any atom is -0.513 e. The van der Waals surface area contributed by atoms with E-state index in [4.69, 9.17) is 14.7 Å². The molecular weight excluding hydrogens is 410 g/mol. The Bertz CT molecular complexity index is 1180. The van der Waals surface area contributed by atoms with Crippen LogP contribution < -0.4 is 9.80 Å². The van der Waals surface area contributed by atoms with Gasteiger partial charge >= 0.3 is 0 Å². The molecule has 7 nitrogen and oxygen atoms in total. The van der Waals surface area contributed by atoms with Crippen LogP contribution in [-0.4, -0.2) is 52.9 Å². The first-order valence-corrected chi connectivity index (χ1v) is 11.4. The molecule has 2 aromatic heterocycles. The van der Waals surface area contributed by atoms with Gasteiger partial charge in [0.2, 0.25) is 5.95 Å². The Morgan fingerprint density at radius 2 is 2.03 bits per heavy atom. The summed E-state index contributed by atoms with van der Waals surface area (Å²) in [5.41, 5.74) is 6.93. The van der Waals surface area contributed by atoms with Crippen LogP contribution >= 0.6 is 11.3 Å². The molecule has 0 saturated carbocycles. The SMILES string of the molecule is C/C=C(\C=C(/C)O)c1nc(N2CCOCC2)nc2c1CCN2c1ccc2ncsc2c1. The summed E-state index contributed by atoms with van der Waals surface area (Å²) in [6.45, 7) is 7.39. The number of hydrogen-bond acceptors (Lipinski definition) is 8. The molecule has 2 aliphatic rings. The maximum Gasteiger partial charge on any atom is 0.228 e. The number of thiazole rings is 1. The Balaban J connectivity index is 1.64. The van der Waals surface area contributed by atoms with Crippen LogP contribution in [0.25, 0.3) is 15.8 Å².